The molecule has 1 heterocycles. The van der Waals surface area contributed by atoms with Crippen molar-refractivity contribution >= 4 is 40.6 Å². The predicted octanol–water partition coefficient (Wildman–Crippen LogP) is 9.10. The second kappa shape index (κ2) is 12.7. The monoisotopic (exact) mass is 600 g/mol. The number of aliphatic carboxylic acids is 1. The molecular weight excluding hydrogens is 576 g/mol. The number of aryl methyl sites for hydroxylation is 1. The van der Waals surface area contributed by atoms with Crippen LogP contribution >= 0.6 is 23.2 Å². The number of alkyl halides is 3. The highest BCUT2D eigenvalue weighted by Crippen LogP contribution is 2.37. The molecule has 5 nitrogen and oxygen atoms in total. The third-order valence-corrected chi connectivity index (χ3v) is 7.19. The molecule has 3 aromatic carbocycles. The molecule has 0 saturated heterocycles. The Kier molecular flexibility index (Phi) is 9.35. The van der Waals surface area contributed by atoms with Crippen LogP contribution in [0, 0.1) is 6.92 Å². The Morgan fingerprint density at radius 3 is 2.17 bits per heavy atom. The lowest BCUT2D eigenvalue weighted by atomic mass is 9.93. The van der Waals surface area contributed by atoms with Crippen molar-refractivity contribution in [2.45, 2.75) is 38.9 Å². The van der Waals surface area contributed by atoms with Gasteiger partial charge in [-0.1, -0.05) is 47.5 Å². The van der Waals surface area contributed by atoms with Crippen molar-refractivity contribution in [3.63, 3.8) is 0 Å². The number of nitrogens with zero attached hydrogens (tertiary/aromatic N) is 1. The number of carboxylic acids is 1. The quantitative estimate of drug-likeness (QED) is 0.177. The van der Waals surface area contributed by atoms with E-state index in [1.165, 1.54) is 12.3 Å². The molecule has 0 bridgehead atoms. The number of Topliss-reactive ketones (excluding diaryl/α,β-unsaturated/α-hetero) is 1. The summed E-state index contributed by atoms with van der Waals surface area (Å²) in [6, 6.07) is 17.8. The van der Waals surface area contributed by atoms with Crippen LogP contribution in [-0.2, 0) is 17.5 Å². The van der Waals surface area contributed by atoms with Gasteiger partial charge in [-0.3, -0.25) is 14.6 Å². The third-order valence-electron chi connectivity index (χ3n) is 6.56. The van der Waals surface area contributed by atoms with Crippen molar-refractivity contribution in [2.24, 2.45) is 0 Å². The molecule has 0 unspecified atom stereocenters. The number of halogens is 5. The molecular formula is C31H25Cl2F3N2O3. The van der Waals surface area contributed by atoms with Crippen LogP contribution in [0.2, 0.25) is 10.0 Å². The first-order valence-electron chi connectivity index (χ1n) is 12.6. The average Bonchev–Trinajstić information content (AvgIpc) is 2.92. The van der Waals surface area contributed by atoms with Crippen molar-refractivity contribution in [1.29, 1.82) is 0 Å². The van der Waals surface area contributed by atoms with Gasteiger partial charge in [0.1, 0.15) is 5.69 Å². The van der Waals surface area contributed by atoms with Crippen molar-refractivity contribution < 1.29 is 27.9 Å². The number of ketones is 1. The highest BCUT2D eigenvalue weighted by molar-refractivity contribution is 6.39. The summed E-state index contributed by atoms with van der Waals surface area (Å²) in [6.07, 6.45) is -3.13. The lowest BCUT2D eigenvalue weighted by Gasteiger charge is -2.18. The minimum atomic E-state index is -4.55. The summed E-state index contributed by atoms with van der Waals surface area (Å²) in [4.78, 5) is 27.2. The highest BCUT2D eigenvalue weighted by Gasteiger charge is 2.32. The number of carboxylic acid groups (broad SMARTS) is 1. The first-order valence-corrected chi connectivity index (χ1v) is 13.4. The van der Waals surface area contributed by atoms with Gasteiger partial charge >= 0.3 is 12.1 Å². The Balaban J connectivity index is 1.59. The number of rotatable bonds is 10. The van der Waals surface area contributed by atoms with Crippen molar-refractivity contribution in [3.8, 4) is 22.3 Å². The lowest BCUT2D eigenvalue weighted by molar-refractivity contribution is -0.138. The van der Waals surface area contributed by atoms with Crippen molar-refractivity contribution in [3.05, 3.63) is 105 Å². The second-order valence-corrected chi connectivity index (χ2v) is 10.3. The van der Waals surface area contributed by atoms with E-state index in [0.29, 0.717) is 37.9 Å². The van der Waals surface area contributed by atoms with Gasteiger partial charge in [0.15, 0.2) is 5.78 Å². The number of pyridine rings is 1. The predicted molar refractivity (Wildman–Crippen MR) is 154 cm³/mol. The summed E-state index contributed by atoms with van der Waals surface area (Å²) in [5, 5.41) is 13.1. The van der Waals surface area contributed by atoms with Crippen LogP contribution in [0.25, 0.3) is 22.3 Å². The number of hydrogen-bond donors (Lipinski definition) is 2. The summed E-state index contributed by atoms with van der Waals surface area (Å²) < 4.78 is 41.1. The van der Waals surface area contributed by atoms with E-state index in [0.717, 1.165) is 23.4 Å². The van der Waals surface area contributed by atoms with Crippen LogP contribution in [0.4, 0.5) is 18.9 Å². The number of hydrogen-bond acceptors (Lipinski definition) is 4. The summed E-state index contributed by atoms with van der Waals surface area (Å²) >= 11 is 12.6. The van der Waals surface area contributed by atoms with Crippen LogP contribution < -0.4 is 5.32 Å². The van der Waals surface area contributed by atoms with Gasteiger partial charge in [0, 0.05) is 52.4 Å². The number of nitrogens with one attached hydrogen (secondary N) is 1. The molecule has 0 radical (unpaired) electrons. The topological polar surface area (TPSA) is 79.3 Å². The van der Waals surface area contributed by atoms with Crippen molar-refractivity contribution in [1.82, 2.24) is 4.98 Å². The number of carbonyl (C=O) groups is 2. The minimum absolute atomic E-state index is 0.0119. The van der Waals surface area contributed by atoms with E-state index in [9.17, 15) is 22.8 Å². The van der Waals surface area contributed by atoms with E-state index < -0.39 is 17.7 Å². The molecule has 2 N–H and O–H groups in total. The number of anilines is 1. The van der Waals surface area contributed by atoms with Crippen LogP contribution in [0.5, 0.6) is 0 Å². The zero-order valence-corrected chi connectivity index (χ0v) is 23.4. The molecule has 0 aliphatic heterocycles. The van der Waals surface area contributed by atoms with E-state index in [1.807, 2.05) is 24.3 Å². The Bertz CT molecular complexity index is 1550. The zero-order valence-electron chi connectivity index (χ0n) is 21.9. The molecule has 0 saturated carbocycles. The Morgan fingerprint density at radius 2 is 1.59 bits per heavy atom. The fourth-order valence-electron chi connectivity index (χ4n) is 4.44. The number of aromatic nitrogens is 1. The summed E-state index contributed by atoms with van der Waals surface area (Å²) in [5.41, 5.74) is 3.44. The van der Waals surface area contributed by atoms with Gasteiger partial charge in [-0.05, 0) is 78.1 Å². The first kappa shape index (κ1) is 30.1. The summed E-state index contributed by atoms with van der Waals surface area (Å²) in [7, 11) is 0. The standard InChI is InChI=1S/C31H25Cl2F3N2O3/c1-18-14-21(31(34,35)36)15-23(20-10-13-27(38-16-20)28(39)6-3-7-29(40)41)24(18)17-37-22-11-8-19(9-12-22)30-25(32)4-2-5-26(30)33/h2,4-5,8-16,37H,3,6-7,17H2,1H3,(H,40,41). The maximum atomic E-state index is 13.7. The highest BCUT2D eigenvalue weighted by atomic mass is 35.5. The molecule has 10 heteroatoms. The van der Waals surface area contributed by atoms with Crippen LogP contribution in [0.3, 0.4) is 0 Å². The maximum Gasteiger partial charge on any atom is 0.416 e. The normalized spacial score (nSPS) is 11.4. The molecule has 0 aliphatic rings. The average molecular weight is 601 g/mol. The van der Waals surface area contributed by atoms with Gasteiger partial charge in [0.05, 0.1) is 5.56 Å². The molecule has 1 aromatic heterocycles. The van der Waals surface area contributed by atoms with Crippen LogP contribution in [0.1, 0.15) is 46.4 Å². The van der Waals surface area contributed by atoms with Gasteiger partial charge < -0.3 is 10.4 Å². The molecule has 0 atom stereocenters. The second-order valence-electron chi connectivity index (χ2n) is 9.45. The third kappa shape index (κ3) is 7.45. The summed E-state index contributed by atoms with van der Waals surface area (Å²) in [6.45, 7) is 1.84. The molecule has 212 valence electrons. The van der Waals surface area contributed by atoms with Gasteiger partial charge in [0.2, 0.25) is 0 Å². The molecule has 0 spiro atoms. The van der Waals surface area contributed by atoms with E-state index >= 15 is 0 Å². The number of benzene rings is 3. The van der Waals surface area contributed by atoms with E-state index in [2.05, 4.69) is 10.3 Å². The first-order chi connectivity index (χ1) is 19.4. The molecule has 0 fully saturated rings. The largest absolute Gasteiger partial charge is 0.481 e. The summed E-state index contributed by atoms with van der Waals surface area (Å²) in [5.74, 6) is -1.33. The Morgan fingerprint density at radius 1 is 0.927 bits per heavy atom. The maximum absolute atomic E-state index is 13.7. The van der Waals surface area contributed by atoms with Gasteiger partial charge in [-0.2, -0.15) is 13.2 Å². The van der Waals surface area contributed by atoms with E-state index in [4.69, 9.17) is 28.3 Å². The van der Waals surface area contributed by atoms with Gasteiger partial charge in [0.25, 0.3) is 0 Å². The Hall–Kier alpha value is -3.88. The minimum Gasteiger partial charge on any atom is -0.481 e. The van der Waals surface area contributed by atoms with Crippen LogP contribution in [0.15, 0.2) is 72.9 Å². The van der Waals surface area contributed by atoms with E-state index in [-0.39, 0.29) is 37.3 Å². The fraction of sp³-hybridized carbons (Fsp3) is 0.194. The molecule has 4 rings (SSSR count). The Labute approximate surface area is 245 Å². The van der Waals surface area contributed by atoms with Gasteiger partial charge in [-0.15, -0.1) is 0 Å². The smallest absolute Gasteiger partial charge is 0.416 e. The number of carbonyl (C=O) groups excluding carboxylic acids is 1. The van der Waals surface area contributed by atoms with Gasteiger partial charge in [-0.25, -0.2) is 0 Å². The SMILES string of the molecule is Cc1cc(C(F)(F)F)cc(-c2ccc(C(=O)CCCC(=O)O)nc2)c1CNc1ccc(-c2c(Cl)cccc2Cl)cc1. The van der Waals surface area contributed by atoms with E-state index in [1.54, 1.807) is 31.2 Å². The zero-order chi connectivity index (χ0) is 29.7. The lowest BCUT2D eigenvalue weighted by Crippen LogP contribution is -2.10. The molecule has 41 heavy (non-hydrogen) atoms. The molecule has 4 aromatic rings. The molecule has 0 aliphatic carbocycles. The van der Waals surface area contributed by atoms with Crippen molar-refractivity contribution in [2.75, 3.05) is 5.32 Å². The fourth-order valence-corrected chi connectivity index (χ4v) is 5.05. The van der Waals surface area contributed by atoms with Crippen LogP contribution in [-0.4, -0.2) is 21.8 Å². The molecule has 0 amide bonds.